The van der Waals surface area contributed by atoms with Crippen molar-refractivity contribution in [1.29, 1.82) is 0 Å². The van der Waals surface area contributed by atoms with Crippen molar-refractivity contribution in [2.24, 2.45) is 0 Å². The highest BCUT2D eigenvalue weighted by Gasteiger charge is 2.33. The third kappa shape index (κ3) is 2.49. The predicted octanol–water partition coefficient (Wildman–Crippen LogP) is 1.72. The topological polar surface area (TPSA) is 12.5 Å². The minimum Gasteiger partial charge on any atom is -0.193 e. The van der Waals surface area contributed by atoms with Gasteiger partial charge in [-0.25, -0.2) is 0 Å². The number of hydrogen-bond donors (Lipinski definition) is 0. The molecule has 0 saturated carbocycles. The van der Waals surface area contributed by atoms with E-state index in [-0.39, 0.29) is 0 Å². The summed E-state index contributed by atoms with van der Waals surface area (Å²) in [5.74, 6) is 0.399. The molecule has 0 aromatic heterocycles. The van der Waals surface area contributed by atoms with Crippen molar-refractivity contribution in [3.8, 4) is 0 Å². The summed E-state index contributed by atoms with van der Waals surface area (Å²) < 4.78 is 34.8. The van der Waals surface area contributed by atoms with Gasteiger partial charge in [0.1, 0.15) is 0 Å². The molecule has 0 N–H and O–H groups in total. The standard InChI is InChI=1S/C4H3F3NOS/c5-4(6,7)9-8-2-1-3-10-8/h2H,3H2. The first-order valence-electron chi connectivity index (χ1n) is 2.33. The van der Waals surface area contributed by atoms with Gasteiger partial charge in [-0.05, 0) is 18.0 Å². The Morgan fingerprint density at radius 2 is 2.30 bits per heavy atom. The molecular formula is C4H3F3NOS. The van der Waals surface area contributed by atoms with Gasteiger partial charge in [0, 0.05) is 12.0 Å². The van der Waals surface area contributed by atoms with Crippen molar-refractivity contribution in [3.63, 3.8) is 0 Å². The molecule has 1 heterocycles. The molecule has 1 radical (unpaired) electrons. The Kier molecular flexibility index (Phi) is 2.10. The summed E-state index contributed by atoms with van der Waals surface area (Å²) in [6.45, 7) is 0. The number of halogens is 3. The van der Waals surface area contributed by atoms with Crippen molar-refractivity contribution < 1.29 is 18.0 Å². The van der Waals surface area contributed by atoms with Crippen LogP contribution >= 0.6 is 11.9 Å². The molecule has 0 aromatic carbocycles. The zero-order valence-corrected chi connectivity index (χ0v) is 5.50. The Labute approximate surface area is 59.7 Å². The molecule has 1 aliphatic rings. The van der Waals surface area contributed by atoms with E-state index in [1.54, 1.807) is 0 Å². The number of hydroxylamine groups is 1. The van der Waals surface area contributed by atoms with Crippen LogP contribution in [0.25, 0.3) is 0 Å². The van der Waals surface area contributed by atoms with E-state index in [0.29, 0.717) is 10.2 Å². The summed E-state index contributed by atoms with van der Waals surface area (Å²) in [4.78, 5) is 3.48. The van der Waals surface area contributed by atoms with E-state index >= 15 is 0 Å². The molecule has 1 rings (SSSR count). The van der Waals surface area contributed by atoms with Crippen LogP contribution in [-0.2, 0) is 4.84 Å². The number of alkyl halides is 3. The monoisotopic (exact) mass is 170 g/mol. The Bertz CT molecular complexity index is 146. The van der Waals surface area contributed by atoms with Crippen molar-refractivity contribution >= 4 is 11.9 Å². The fourth-order valence-electron chi connectivity index (χ4n) is 0.405. The molecule has 57 valence electrons. The molecule has 0 aromatic rings. The second kappa shape index (κ2) is 2.71. The first kappa shape index (κ1) is 7.74. The van der Waals surface area contributed by atoms with Gasteiger partial charge in [0.2, 0.25) is 0 Å². The first-order valence-corrected chi connectivity index (χ1v) is 3.27. The molecule has 1 aliphatic heterocycles. The van der Waals surface area contributed by atoms with Gasteiger partial charge in [-0.2, -0.15) is 9.31 Å². The number of nitrogens with zero attached hydrogens (tertiary/aromatic N) is 1. The van der Waals surface area contributed by atoms with E-state index < -0.39 is 6.36 Å². The minimum atomic E-state index is -4.60. The van der Waals surface area contributed by atoms with Crippen LogP contribution in [0.4, 0.5) is 13.2 Å². The van der Waals surface area contributed by atoms with E-state index in [1.807, 2.05) is 0 Å². The van der Waals surface area contributed by atoms with Gasteiger partial charge in [-0.15, -0.1) is 13.2 Å². The molecule has 0 amide bonds. The largest absolute Gasteiger partial charge is 0.544 e. The predicted molar refractivity (Wildman–Crippen MR) is 29.2 cm³/mol. The Morgan fingerprint density at radius 1 is 1.60 bits per heavy atom. The van der Waals surface area contributed by atoms with Gasteiger partial charge in [0.05, 0.1) is 0 Å². The number of hydrogen-bond acceptors (Lipinski definition) is 3. The molecule has 2 nitrogen and oxygen atoms in total. The smallest absolute Gasteiger partial charge is 0.193 e. The summed E-state index contributed by atoms with van der Waals surface area (Å²) in [6.07, 6.45) is -0.959. The molecule has 10 heavy (non-hydrogen) atoms. The molecule has 0 aliphatic carbocycles. The SMILES string of the molecule is FC(F)(F)ON1C=[C]CS1. The lowest BCUT2D eigenvalue weighted by Gasteiger charge is -2.14. The lowest BCUT2D eigenvalue weighted by atomic mass is 10.7. The minimum absolute atomic E-state index is 0.399. The maximum atomic E-state index is 11.4. The van der Waals surface area contributed by atoms with Crippen LogP contribution < -0.4 is 0 Å². The van der Waals surface area contributed by atoms with Crippen LogP contribution in [0.2, 0.25) is 0 Å². The van der Waals surface area contributed by atoms with Crippen LogP contribution in [0.5, 0.6) is 0 Å². The van der Waals surface area contributed by atoms with E-state index in [9.17, 15) is 13.2 Å². The second-order valence-electron chi connectivity index (χ2n) is 1.43. The Morgan fingerprint density at radius 3 is 2.70 bits per heavy atom. The highest BCUT2D eigenvalue weighted by atomic mass is 32.2. The van der Waals surface area contributed by atoms with E-state index in [0.717, 1.165) is 18.1 Å². The van der Waals surface area contributed by atoms with Gasteiger partial charge in [0.15, 0.2) is 0 Å². The van der Waals surface area contributed by atoms with Gasteiger partial charge in [-0.3, -0.25) is 0 Å². The van der Waals surface area contributed by atoms with Crippen molar-refractivity contribution in [1.82, 2.24) is 4.47 Å². The maximum absolute atomic E-state index is 11.4. The summed E-state index contributed by atoms with van der Waals surface area (Å²) in [7, 11) is 0. The number of rotatable bonds is 1. The fourth-order valence-corrected chi connectivity index (χ4v) is 0.967. The molecule has 0 unspecified atom stereocenters. The van der Waals surface area contributed by atoms with Crippen molar-refractivity contribution in [2.45, 2.75) is 6.36 Å². The normalized spacial score (nSPS) is 18.5. The van der Waals surface area contributed by atoms with E-state index in [2.05, 4.69) is 10.9 Å². The lowest BCUT2D eigenvalue weighted by Crippen LogP contribution is -2.20. The molecular weight excluding hydrogens is 167 g/mol. The van der Waals surface area contributed by atoms with Crippen LogP contribution in [0.15, 0.2) is 6.20 Å². The third-order valence-electron chi connectivity index (χ3n) is 0.665. The zero-order chi connectivity index (χ0) is 7.61. The van der Waals surface area contributed by atoms with E-state index in [1.165, 1.54) is 0 Å². The summed E-state index contributed by atoms with van der Waals surface area (Å²) >= 11 is 0.894. The van der Waals surface area contributed by atoms with Gasteiger partial charge >= 0.3 is 6.36 Å². The Hall–Kier alpha value is -0.360. The molecule has 0 saturated heterocycles. The Balaban J connectivity index is 2.31. The quantitative estimate of drug-likeness (QED) is 0.556. The average Bonchev–Trinajstić information content (AvgIpc) is 2.12. The molecule has 0 fully saturated rings. The fraction of sp³-hybridized carbons (Fsp3) is 0.500. The first-order chi connectivity index (χ1) is 4.58. The summed E-state index contributed by atoms with van der Waals surface area (Å²) in [5, 5.41) is 0. The zero-order valence-electron chi connectivity index (χ0n) is 4.68. The molecule has 6 heteroatoms. The van der Waals surface area contributed by atoms with Crippen LogP contribution in [0, 0.1) is 6.08 Å². The maximum Gasteiger partial charge on any atom is 0.544 e. The van der Waals surface area contributed by atoms with Gasteiger partial charge < -0.3 is 0 Å². The van der Waals surface area contributed by atoms with Crippen molar-refractivity contribution in [2.75, 3.05) is 5.75 Å². The van der Waals surface area contributed by atoms with Crippen LogP contribution in [0.1, 0.15) is 0 Å². The summed E-state index contributed by atoms with van der Waals surface area (Å²) in [5.41, 5.74) is 0. The highest BCUT2D eigenvalue weighted by Crippen LogP contribution is 2.26. The molecule has 0 spiro atoms. The third-order valence-corrected chi connectivity index (χ3v) is 1.40. The molecule has 0 atom stereocenters. The van der Waals surface area contributed by atoms with Crippen LogP contribution in [0.3, 0.4) is 0 Å². The van der Waals surface area contributed by atoms with Gasteiger partial charge in [-0.1, -0.05) is 0 Å². The highest BCUT2D eigenvalue weighted by molar-refractivity contribution is 7.97. The lowest BCUT2D eigenvalue weighted by molar-refractivity contribution is -0.377. The van der Waals surface area contributed by atoms with Crippen LogP contribution in [-0.4, -0.2) is 16.6 Å². The van der Waals surface area contributed by atoms with E-state index in [4.69, 9.17) is 0 Å². The second-order valence-corrected chi connectivity index (χ2v) is 2.34. The average molecular weight is 170 g/mol. The van der Waals surface area contributed by atoms with Gasteiger partial charge in [0.25, 0.3) is 0 Å². The van der Waals surface area contributed by atoms with Crippen molar-refractivity contribution in [3.05, 3.63) is 12.3 Å². The molecule has 0 bridgehead atoms. The summed E-state index contributed by atoms with van der Waals surface area (Å²) in [6, 6.07) is 0.